The Labute approximate surface area is 133 Å². The van der Waals surface area contributed by atoms with E-state index in [1.165, 1.54) is 32.1 Å². The Morgan fingerprint density at radius 1 is 1.10 bits per heavy atom. The van der Waals surface area contributed by atoms with E-state index < -0.39 is 0 Å². The Morgan fingerprint density at radius 3 is 2.00 bits per heavy atom. The molecular formula is C19H39NO. The van der Waals surface area contributed by atoms with Crippen LogP contribution in [0, 0.1) is 16.7 Å². The van der Waals surface area contributed by atoms with Gasteiger partial charge in [0.2, 0.25) is 0 Å². The van der Waals surface area contributed by atoms with Crippen molar-refractivity contribution in [3.05, 3.63) is 0 Å². The van der Waals surface area contributed by atoms with Gasteiger partial charge in [-0.1, -0.05) is 20.8 Å². The summed E-state index contributed by atoms with van der Waals surface area (Å²) < 4.78 is 5.58. The largest absolute Gasteiger partial charge is 0.382 e. The maximum atomic E-state index is 5.58. The van der Waals surface area contributed by atoms with E-state index in [4.69, 9.17) is 4.74 Å². The highest BCUT2D eigenvalue weighted by atomic mass is 16.5. The molecule has 1 saturated carbocycles. The summed E-state index contributed by atoms with van der Waals surface area (Å²) in [4.78, 5) is 0. The van der Waals surface area contributed by atoms with E-state index >= 15 is 0 Å². The normalized spacial score (nSPS) is 29.4. The quantitative estimate of drug-likeness (QED) is 0.769. The lowest BCUT2D eigenvalue weighted by Crippen LogP contribution is -2.47. The molecule has 0 heterocycles. The van der Waals surface area contributed by atoms with Crippen molar-refractivity contribution in [3.8, 4) is 0 Å². The van der Waals surface area contributed by atoms with Gasteiger partial charge in [-0.05, 0) is 76.5 Å². The molecule has 0 bridgehead atoms. The van der Waals surface area contributed by atoms with Crippen molar-refractivity contribution in [2.75, 3.05) is 13.7 Å². The summed E-state index contributed by atoms with van der Waals surface area (Å²) in [5.41, 5.74) is 1.07. The van der Waals surface area contributed by atoms with Crippen LogP contribution in [-0.4, -0.2) is 25.3 Å². The second-order valence-corrected chi connectivity index (χ2v) is 9.49. The molecule has 0 aromatic heterocycles. The Kier molecular flexibility index (Phi) is 6.32. The first-order valence-electron chi connectivity index (χ1n) is 8.75. The van der Waals surface area contributed by atoms with Crippen LogP contribution in [0.3, 0.4) is 0 Å². The zero-order chi connectivity index (χ0) is 16.3. The van der Waals surface area contributed by atoms with Crippen molar-refractivity contribution in [2.45, 2.75) is 92.2 Å². The lowest BCUT2D eigenvalue weighted by atomic mass is 9.62. The zero-order valence-corrected chi connectivity index (χ0v) is 15.8. The van der Waals surface area contributed by atoms with E-state index in [9.17, 15) is 0 Å². The fourth-order valence-corrected chi connectivity index (χ4v) is 3.70. The summed E-state index contributed by atoms with van der Waals surface area (Å²) in [6, 6.07) is 0. The third kappa shape index (κ3) is 6.28. The van der Waals surface area contributed by atoms with Gasteiger partial charge in [0.05, 0.1) is 6.10 Å². The lowest BCUT2D eigenvalue weighted by molar-refractivity contribution is 0.0184. The minimum Gasteiger partial charge on any atom is -0.382 e. The Hall–Kier alpha value is -0.0800. The molecule has 0 aliphatic heterocycles. The summed E-state index contributed by atoms with van der Waals surface area (Å²) in [5, 5.41) is 3.76. The average molecular weight is 298 g/mol. The van der Waals surface area contributed by atoms with Gasteiger partial charge in [0.25, 0.3) is 0 Å². The van der Waals surface area contributed by atoms with Gasteiger partial charge < -0.3 is 10.1 Å². The van der Waals surface area contributed by atoms with E-state index in [-0.39, 0.29) is 5.54 Å². The van der Waals surface area contributed by atoms with Crippen molar-refractivity contribution in [1.29, 1.82) is 0 Å². The Morgan fingerprint density at radius 2 is 1.62 bits per heavy atom. The second kappa shape index (κ2) is 7.00. The number of rotatable bonds is 5. The summed E-state index contributed by atoms with van der Waals surface area (Å²) >= 11 is 0. The molecule has 2 heteroatoms. The third-order valence-corrected chi connectivity index (χ3v) is 5.39. The molecule has 0 radical (unpaired) electrons. The van der Waals surface area contributed by atoms with E-state index in [0.29, 0.717) is 16.9 Å². The summed E-state index contributed by atoms with van der Waals surface area (Å²) in [6.07, 6.45) is 6.95. The molecule has 1 aliphatic carbocycles. The van der Waals surface area contributed by atoms with Gasteiger partial charge >= 0.3 is 0 Å². The SMILES string of the molecule is COC(C)CC1(CNC(C)(C)C)CCC(C(C)(C)C)CC1. The highest BCUT2D eigenvalue weighted by molar-refractivity contribution is 4.93. The monoisotopic (exact) mass is 297 g/mol. The van der Waals surface area contributed by atoms with Crippen molar-refractivity contribution in [1.82, 2.24) is 5.32 Å². The molecule has 0 spiro atoms. The summed E-state index contributed by atoms with van der Waals surface area (Å²) in [5.74, 6) is 0.873. The van der Waals surface area contributed by atoms with Gasteiger partial charge in [-0.2, -0.15) is 0 Å². The second-order valence-electron chi connectivity index (χ2n) is 9.49. The van der Waals surface area contributed by atoms with E-state index in [1.807, 2.05) is 7.11 Å². The number of hydrogen-bond acceptors (Lipinski definition) is 2. The molecule has 1 N–H and O–H groups in total. The molecular weight excluding hydrogens is 258 g/mol. The molecule has 1 unspecified atom stereocenters. The minimum absolute atomic E-state index is 0.199. The number of hydrogen-bond donors (Lipinski definition) is 1. The van der Waals surface area contributed by atoms with Crippen LogP contribution in [0.5, 0.6) is 0 Å². The number of methoxy groups -OCH3 is 1. The standard InChI is InChI=1S/C19H39NO/c1-15(21-8)13-19(14-20-18(5,6)7)11-9-16(10-12-19)17(2,3)4/h15-16,20H,9-14H2,1-8H3. The van der Waals surface area contributed by atoms with E-state index in [1.54, 1.807) is 0 Å². The Balaban J connectivity index is 2.71. The van der Waals surface area contributed by atoms with Crippen molar-refractivity contribution < 1.29 is 4.74 Å². The molecule has 0 saturated heterocycles. The van der Waals surface area contributed by atoms with E-state index in [0.717, 1.165) is 12.5 Å². The molecule has 0 amide bonds. The average Bonchev–Trinajstić information content (AvgIpc) is 2.35. The van der Waals surface area contributed by atoms with Crippen LogP contribution in [0.1, 0.15) is 80.6 Å². The smallest absolute Gasteiger partial charge is 0.0549 e. The lowest BCUT2D eigenvalue weighted by Gasteiger charge is -2.46. The van der Waals surface area contributed by atoms with E-state index in [2.05, 4.69) is 53.8 Å². The van der Waals surface area contributed by atoms with Gasteiger partial charge in [-0.25, -0.2) is 0 Å². The molecule has 126 valence electrons. The molecule has 2 nitrogen and oxygen atoms in total. The van der Waals surface area contributed by atoms with Gasteiger partial charge in [0.1, 0.15) is 0 Å². The van der Waals surface area contributed by atoms with Crippen molar-refractivity contribution >= 4 is 0 Å². The van der Waals surface area contributed by atoms with Crippen LogP contribution in [0.25, 0.3) is 0 Å². The van der Waals surface area contributed by atoms with Gasteiger partial charge in [0.15, 0.2) is 0 Å². The number of nitrogens with one attached hydrogen (secondary N) is 1. The highest BCUT2D eigenvalue weighted by Crippen LogP contribution is 2.47. The molecule has 21 heavy (non-hydrogen) atoms. The summed E-state index contributed by atoms with van der Waals surface area (Å²) in [7, 11) is 1.84. The molecule has 1 atom stereocenters. The Bertz CT molecular complexity index is 303. The van der Waals surface area contributed by atoms with Crippen molar-refractivity contribution in [2.24, 2.45) is 16.7 Å². The third-order valence-electron chi connectivity index (χ3n) is 5.39. The fraction of sp³-hybridized carbons (Fsp3) is 1.00. The molecule has 0 aromatic carbocycles. The molecule has 0 aromatic rings. The maximum absolute atomic E-state index is 5.58. The van der Waals surface area contributed by atoms with Crippen LogP contribution in [0.2, 0.25) is 0 Å². The molecule has 1 aliphatic rings. The maximum Gasteiger partial charge on any atom is 0.0549 e. The predicted octanol–water partition coefficient (Wildman–Crippen LogP) is 5.02. The van der Waals surface area contributed by atoms with Gasteiger partial charge in [-0.3, -0.25) is 0 Å². The van der Waals surface area contributed by atoms with Crippen LogP contribution in [0.15, 0.2) is 0 Å². The topological polar surface area (TPSA) is 21.3 Å². The van der Waals surface area contributed by atoms with Crippen molar-refractivity contribution in [3.63, 3.8) is 0 Å². The van der Waals surface area contributed by atoms with Crippen LogP contribution in [0.4, 0.5) is 0 Å². The zero-order valence-electron chi connectivity index (χ0n) is 15.8. The van der Waals surface area contributed by atoms with Crippen LogP contribution < -0.4 is 5.32 Å². The summed E-state index contributed by atoms with van der Waals surface area (Å²) in [6.45, 7) is 17.3. The predicted molar refractivity (Wildman–Crippen MR) is 92.7 cm³/mol. The van der Waals surface area contributed by atoms with Gasteiger partial charge in [-0.15, -0.1) is 0 Å². The minimum atomic E-state index is 0.199. The van der Waals surface area contributed by atoms with Crippen LogP contribution >= 0.6 is 0 Å². The highest BCUT2D eigenvalue weighted by Gasteiger charge is 2.39. The molecule has 1 fully saturated rings. The number of ether oxygens (including phenoxy) is 1. The first kappa shape index (κ1) is 19.0. The van der Waals surface area contributed by atoms with Crippen LogP contribution in [-0.2, 0) is 4.74 Å². The first-order chi connectivity index (χ1) is 9.47. The fourth-order valence-electron chi connectivity index (χ4n) is 3.70. The van der Waals surface area contributed by atoms with Gasteiger partial charge in [0, 0.05) is 19.2 Å². The molecule has 1 rings (SSSR count). The first-order valence-corrected chi connectivity index (χ1v) is 8.75.